The van der Waals surface area contributed by atoms with E-state index in [-0.39, 0.29) is 5.92 Å². The van der Waals surface area contributed by atoms with Gasteiger partial charge in [-0.3, -0.25) is 0 Å². The predicted octanol–water partition coefficient (Wildman–Crippen LogP) is 10.9. The van der Waals surface area contributed by atoms with Crippen molar-refractivity contribution in [2.45, 2.75) is 10.2 Å². The smallest absolute Gasteiger partial charge is 0.0863 e. The topological polar surface area (TPSA) is 12.0 Å². The molecule has 6 rings (SSSR count). The van der Waals surface area contributed by atoms with Crippen LogP contribution >= 0.6 is 31.9 Å². The van der Waals surface area contributed by atoms with Gasteiger partial charge in [0.2, 0.25) is 0 Å². The molecule has 1 N–H and O–H groups in total. The summed E-state index contributed by atoms with van der Waals surface area (Å²) in [4.78, 5) is 0. The molecule has 0 heterocycles. The normalized spacial score (nSPS) is 18.4. The van der Waals surface area contributed by atoms with Gasteiger partial charge in [-0.2, -0.15) is 0 Å². The van der Waals surface area contributed by atoms with E-state index in [4.69, 9.17) is 0 Å². The highest BCUT2D eigenvalue weighted by atomic mass is 79.9. The Labute approximate surface area is 247 Å². The van der Waals surface area contributed by atoms with Crippen LogP contribution in [-0.4, -0.2) is 0 Å². The van der Waals surface area contributed by atoms with Crippen LogP contribution in [0.5, 0.6) is 0 Å². The van der Waals surface area contributed by atoms with E-state index in [1.807, 2.05) is 6.07 Å². The van der Waals surface area contributed by atoms with Crippen molar-refractivity contribution in [3.63, 3.8) is 0 Å². The van der Waals surface area contributed by atoms with Crippen molar-refractivity contribution < 1.29 is 0 Å². The maximum absolute atomic E-state index is 4.36. The van der Waals surface area contributed by atoms with Crippen molar-refractivity contribution >= 4 is 48.8 Å². The molecule has 1 nitrogen and oxygen atoms in total. The van der Waals surface area contributed by atoms with Gasteiger partial charge >= 0.3 is 0 Å². The van der Waals surface area contributed by atoms with Gasteiger partial charge < -0.3 is 5.32 Å². The van der Waals surface area contributed by atoms with Crippen molar-refractivity contribution in [2.75, 3.05) is 5.32 Å². The van der Waals surface area contributed by atoms with Gasteiger partial charge in [0.05, 0.1) is 4.32 Å². The third kappa shape index (κ3) is 5.05. The van der Waals surface area contributed by atoms with Crippen LogP contribution in [0.4, 0.5) is 11.4 Å². The zero-order valence-electron chi connectivity index (χ0n) is 21.3. The number of hydrogen-bond donors (Lipinski definition) is 1. The van der Waals surface area contributed by atoms with Crippen LogP contribution in [0.1, 0.15) is 22.6 Å². The first-order chi connectivity index (χ1) is 19.1. The molecule has 2 unspecified atom stereocenters. The molecule has 0 saturated carbocycles. The summed E-state index contributed by atoms with van der Waals surface area (Å²) in [5, 5.41) is 3.64. The Bertz CT molecular complexity index is 1640. The van der Waals surface area contributed by atoms with Crippen molar-refractivity contribution in [2.24, 2.45) is 0 Å². The summed E-state index contributed by atoms with van der Waals surface area (Å²) in [6.45, 7) is 0. The van der Waals surface area contributed by atoms with Gasteiger partial charge in [0.1, 0.15) is 0 Å². The summed E-state index contributed by atoms with van der Waals surface area (Å²) in [5.74, 6) is 0.102. The van der Waals surface area contributed by atoms with Gasteiger partial charge in [0, 0.05) is 27.3 Å². The van der Waals surface area contributed by atoms with E-state index in [1.54, 1.807) is 0 Å². The number of nitrogens with one attached hydrogen (secondary N) is 1. The second kappa shape index (κ2) is 11.2. The molecule has 39 heavy (non-hydrogen) atoms. The summed E-state index contributed by atoms with van der Waals surface area (Å²) in [5.41, 5.74) is 9.39. The summed E-state index contributed by atoms with van der Waals surface area (Å²) < 4.78 is 0.596. The fourth-order valence-electron chi connectivity index (χ4n) is 5.46. The summed E-state index contributed by atoms with van der Waals surface area (Å²) >= 11 is 8.00. The summed E-state index contributed by atoms with van der Waals surface area (Å²) in [7, 11) is 0. The van der Waals surface area contributed by atoms with E-state index >= 15 is 0 Å². The van der Waals surface area contributed by atoms with E-state index in [1.165, 1.54) is 27.8 Å². The molecule has 5 aromatic rings. The molecule has 0 aliphatic heterocycles. The highest BCUT2D eigenvalue weighted by Crippen LogP contribution is 2.57. The molecular formula is C36H27Br2N. The van der Waals surface area contributed by atoms with E-state index in [2.05, 4.69) is 183 Å². The quantitative estimate of drug-likeness (QED) is 0.184. The fourth-order valence-corrected chi connectivity index (χ4v) is 6.75. The molecule has 0 fully saturated rings. The number of rotatable bonds is 6. The number of anilines is 2. The number of halogens is 2. The van der Waals surface area contributed by atoms with Crippen LogP contribution < -0.4 is 5.32 Å². The van der Waals surface area contributed by atoms with E-state index in [9.17, 15) is 0 Å². The lowest BCUT2D eigenvalue weighted by Crippen LogP contribution is -2.30. The largest absolute Gasteiger partial charge is 0.355 e. The van der Waals surface area contributed by atoms with Crippen LogP contribution in [0.2, 0.25) is 0 Å². The fraction of sp³-hybridized carbons (Fsp3) is 0.0556. The molecule has 0 bridgehead atoms. The SMILES string of the molecule is Brc1ccc(C2(Br)C(c3ccccc3-c3ccccc3Nc3ccccc3)=CC=CC2c2ccccc2)cc1. The molecule has 0 spiro atoms. The average Bonchev–Trinajstić information content (AvgIpc) is 2.99. The number of para-hydroxylation sites is 2. The molecule has 3 heteroatoms. The van der Waals surface area contributed by atoms with Crippen LogP contribution in [0.25, 0.3) is 16.7 Å². The highest BCUT2D eigenvalue weighted by Gasteiger charge is 2.43. The van der Waals surface area contributed by atoms with Crippen LogP contribution in [-0.2, 0) is 4.32 Å². The van der Waals surface area contributed by atoms with Crippen molar-refractivity contribution in [1.29, 1.82) is 0 Å². The Balaban J connectivity index is 1.53. The van der Waals surface area contributed by atoms with Gasteiger partial charge in [0.25, 0.3) is 0 Å². The summed E-state index contributed by atoms with van der Waals surface area (Å²) in [6.07, 6.45) is 6.78. The third-order valence-electron chi connectivity index (χ3n) is 7.30. The van der Waals surface area contributed by atoms with Gasteiger partial charge in [-0.05, 0) is 58.2 Å². The molecule has 1 aliphatic rings. The molecule has 190 valence electrons. The molecule has 2 atom stereocenters. The maximum Gasteiger partial charge on any atom is 0.0863 e. The first kappa shape index (κ1) is 25.6. The van der Waals surface area contributed by atoms with Crippen molar-refractivity contribution in [3.8, 4) is 11.1 Å². The lowest BCUT2D eigenvalue weighted by Gasteiger charge is -2.40. The Hall–Kier alpha value is -3.66. The van der Waals surface area contributed by atoms with Crippen LogP contribution in [0.15, 0.2) is 156 Å². The molecule has 5 aromatic carbocycles. The molecule has 0 saturated heterocycles. The number of hydrogen-bond acceptors (Lipinski definition) is 1. The van der Waals surface area contributed by atoms with Crippen molar-refractivity contribution in [3.05, 3.63) is 173 Å². The second-order valence-corrected chi connectivity index (χ2v) is 11.8. The Morgan fingerprint density at radius 3 is 1.90 bits per heavy atom. The summed E-state index contributed by atoms with van der Waals surface area (Å²) in [6, 6.07) is 47.1. The minimum atomic E-state index is -0.471. The average molecular weight is 633 g/mol. The Morgan fingerprint density at radius 2 is 1.18 bits per heavy atom. The first-order valence-electron chi connectivity index (χ1n) is 13.0. The molecule has 1 aliphatic carbocycles. The third-order valence-corrected chi connectivity index (χ3v) is 9.20. The van der Waals surface area contributed by atoms with E-state index in [0.29, 0.717) is 0 Å². The molecule has 0 radical (unpaired) electrons. The molecule has 0 aromatic heterocycles. The molecular weight excluding hydrogens is 606 g/mol. The van der Waals surface area contributed by atoms with E-state index < -0.39 is 4.32 Å². The van der Waals surface area contributed by atoms with Crippen LogP contribution in [0, 0.1) is 0 Å². The Morgan fingerprint density at radius 1 is 0.590 bits per heavy atom. The zero-order valence-corrected chi connectivity index (χ0v) is 24.4. The standard InChI is InChI=1S/C36H27Br2N/c37-28-24-22-27(23-25-28)36(38)33(26-12-3-1-4-13-26)19-11-20-34(36)31-17-8-7-16-30(31)32-18-9-10-21-35(32)39-29-14-5-2-6-15-29/h1-25,33,39H. The Kier molecular flexibility index (Phi) is 7.36. The predicted molar refractivity (Wildman–Crippen MR) is 173 cm³/mol. The molecule has 0 amide bonds. The first-order valence-corrected chi connectivity index (χ1v) is 14.6. The van der Waals surface area contributed by atoms with Gasteiger partial charge in [0.15, 0.2) is 0 Å². The van der Waals surface area contributed by atoms with E-state index in [0.717, 1.165) is 21.4 Å². The second-order valence-electron chi connectivity index (χ2n) is 9.65. The van der Waals surface area contributed by atoms with Crippen molar-refractivity contribution in [1.82, 2.24) is 0 Å². The highest BCUT2D eigenvalue weighted by molar-refractivity contribution is 9.10. The van der Waals surface area contributed by atoms with Gasteiger partial charge in [-0.1, -0.05) is 153 Å². The number of allylic oxidation sites excluding steroid dienone is 4. The minimum Gasteiger partial charge on any atom is -0.355 e. The number of benzene rings is 5. The monoisotopic (exact) mass is 631 g/mol. The van der Waals surface area contributed by atoms with Crippen LogP contribution in [0.3, 0.4) is 0 Å². The lowest BCUT2D eigenvalue weighted by molar-refractivity contribution is 0.702. The van der Waals surface area contributed by atoms with Gasteiger partial charge in [-0.25, -0.2) is 0 Å². The zero-order chi connectivity index (χ0) is 26.7. The number of alkyl halides is 1. The lowest BCUT2D eigenvalue weighted by atomic mass is 9.71. The van der Waals surface area contributed by atoms with Gasteiger partial charge in [-0.15, -0.1) is 0 Å². The minimum absolute atomic E-state index is 0.102. The maximum atomic E-state index is 4.36.